The normalized spacial score (nSPS) is 11.6. The van der Waals surface area contributed by atoms with Crippen LogP contribution in [0.15, 0.2) is 45.8 Å². The molecule has 2 N–H and O–H groups in total. The van der Waals surface area contributed by atoms with Crippen LogP contribution in [0.2, 0.25) is 0 Å². The van der Waals surface area contributed by atoms with Crippen LogP contribution in [0.5, 0.6) is 0 Å². The van der Waals surface area contributed by atoms with Crippen LogP contribution in [0.1, 0.15) is 11.1 Å². The topological polar surface area (TPSA) is 60.2 Å². The zero-order valence-electron chi connectivity index (χ0n) is 10.7. The minimum Gasteiger partial charge on any atom is -0.399 e. The molecule has 0 saturated carbocycles. The van der Waals surface area contributed by atoms with Crippen LogP contribution in [0, 0.1) is 12.7 Å². The molecule has 106 valence electrons. The molecule has 2 aromatic carbocycles. The first-order valence-corrected chi connectivity index (χ1v) is 8.27. The maximum absolute atomic E-state index is 13.2. The summed E-state index contributed by atoms with van der Waals surface area (Å²) in [5, 5.41) is 0. The summed E-state index contributed by atoms with van der Waals surface area (Å²) < 4.78 is 38.2. The maximum Gasteiger partial charge on any atom is 0.182 e. The molecular formula is C14H13BrFNO2S. The van der Waals surface area contributed by atoms with Crippen LogP contribution in [0.25, 0.3) is 0 Å². The lowest BCUT2D eigenvalue weighted by Gasteiger charge is -2.09. The van der Waals surface area contributed by atoms with Gasteiger partial charge < -0.3 is 5.73 Å². The van der Waals surface area contributed by atoms with Crippen molar-refractivity contribution in [3.05, 3.63) is 57.8 Å². The van der Waals surface area contributed by atoms with Gasteiger partial charge in [-0.05, 0) is 64.3 Å². The largest absolute Gasteiger partial charge is 0.399 e. The van der Waals surface area contributed by atoms with Crippen LogP contribution in [-0.4, -0.2) is 8.42 Å². The third-order valence-corrected chi connectivity index (χ3v) is 5.32. The Hall–Kier alpha value is -1.40. The van der Waals surface area contributed by atoms with Crippen molar-refractivity contribution >= 4 is 31.5 Å². The van der Waals surface area contributed by atoms with Crippen molar-refractivity contribution in [1.82, 2.24) is 0 Å². The summed E-state index contributed by atoms with van der Waals surface area (Å²) in [4.78, 5) is 0.243. The van der Waals surface area contributed by atoms with Crippen LogP contribution in [0.4, 0.5) is 10.1 Å². The van der Waals surface area contributed by atoms with Crippen molar-refractivity contribution < 1.29 is 12.8 Å². The van der Waals surface area contributed by atoms with Gasteiger partial charge in [0.25, 0.3) is 0 Å². The van der Waals surface area contributed by atoms with Gasteiger partial charge in [0.05, 0.1) is 15.1 Å². The van der Waals surface area contributed by atoms with E-state index >= 15 is 0 Å². The molecule has 0 atom stereocenters. The molecule has 6 heteroatoms. The number of anilines is 1. The Balaban J connectivity index is 2.38. The van der Waals surface area contributed by atoms with Crippen LogP contribution < -0.4 is 5.73 Å². The molecule has 0 heterocycles. The third-order valence-electron chi connectivity index (χ3n) is 2.87. The fourth-order valence-electron chi connectivity index (χ4n) is 1.95. The molecule has 0 aromatic heterocycles. The highest BCUT2D eigenvalue weighted by Crippen LogP contribution is 2.24. The van der Waals surface area contributed by atoms with Crippen molar-refractivity contribution in [3.63, 3.8) is 0 Å². The number of nitrogens with two attached hydrogens (primary N) is 1. The van der Waals surface area contributed by atoms with E-state index in [1.807, 2.05) is 0 Å². The van der Waals surface area contributed by atoms with Gasteiger partial charge in [0.2, 0.25) is 0 Å². The summed E-state index contributed by atoms with van der Waals surface area (Å²) in [5.41, 5.74) is 7.26. The number of benzene rings is 2. The van der Waals surface area contributed by atoms with Gasteiger partial charge in [-0.3, -0.25) is 0 Å². The standard InChI is InChI=1S/C14H13BrFNO2S/c1-9-6-11(17)3-5-14(9)20(18,19)8-10-2-4-13(16)12(15)7-10/h2-7H,8,17H2,1H3. The van der Waals surface area contributed by atoms with Gasteiger partial charge >= 0.3 is 0 Å². The van der Waals surface area contributed by atoms with E-state index in [0.29, 0.717) is 16.8 Å². The van der Waals surface area contributed by atoms with E-state index in [9.17, 15) is 12.8 Å². The number of aryl methyl sites for hydroxylation is 1. The molecule has 0 unspecified atom stereocenters. The molecule has 0 aliphatic rings. The number of rotatable bonds is 3. The van der Waals surface area contributed by atoms with E-state index in [2.05, 4.69) is 15.9 Å². The molecule has 0 bridgehead atoms. The molecule has 0 radical (unpaired) electrons. The lowest BCUT2D eigenvalue weighted by molar-refractivity contribution is 0.594. The monoisotopic (exact) mass is 357 g/mol. The van der Waals surface area contributed by atoms with Gasteiger partial charge in [0.1, 0.15) is 5.82 Å². The highest BCUT2D eigenvalue weighted by Gasteiger charge is 2.18. The number of halogens is 2. The van der Waals surface area contributed by atoms with Crippen molar-refractivity contribution in [2.24, 2.45) is 0 Å². The van der Waals surface area contributed by atoms with Gasteiger partial charge in [-0.2, -0.15) is 0 Å². The zero-order valence-corrected chi connectivity index (χ0v) is 13.1. The lowest BCUT2D eigenvalue weighted by atomic mass is 10.2. The maximum atomic E-state index is 13.2. The second-order valence-corrected chi connectivity index (χ2v) is 7.34. The molecule has 0 aliphatic carbocycles. The highest BCUT2D eigenvalue weighted by molar-refractivity contribution is 9.10. The van der Waals surface area contributed by atoms with E-state index in [1.165, 1.54) is 24.3 Å². The summed E-state index contributed by atoms with van der Waals surface area (Å²) in [6.45, 7) is 1.70. The van der Waals surface area contributed by atoms with E-state index in [-0.39, 0.29) is 15.1 Å². The van der Waals surface area contributed by atoms with Crippen molar-refractivity contribution in [2.45, 2.75) is 17.6 Å². The molecule has 0 fully saturated rings. The molecule has 2 rings (SSSR count). The van der Waals surface area contributed by atoms with Crippen molar-refractivity contribution in [1.29, 1.82) is 0 Å². The summed E-state index contributed by atoms with van der Waals surface area (Å²) >= 11 is 3.05. The predicted molar refractivity (Wildman–Crippen MR) is 80.6 cm³/mol. The van der Waals surface area contributed by atoms with E-state index in [0.717, 1.165) is 0 Å². The number of hydrogen-bond donors (Lipinski definition) is 1. The quantitative estimate of drug-likeness (QED) is 0.855. The molecule has 20 heavy (non-hydrogen) atoms. The smallest absolute Gasteiger partial charge is 0.182 e. The van der Waals surface area contributed by atoms with E-state index in [1.54, 1.807) is 19.1 Å². The summed E-state index contributed by atoms with van der Waals surface area (Å²) in [5.74, 6) is -0.605. The molecule has 0 spiro atoms. The second kappa shape index (κ2) is 5.54. The first-order chi connectivity index (χ1) is 9.29. The highest BCUT2D eigenvalue weighted by atomic mass is 79.9. The number of nitrogen functional groups attached to an aromatic ring is 1. The molecule has 0 amide bonds. The number of sulfone groups is 1. The molecular weight excluding hydrogens is 345 g/mol. The lowest BCUT2D eigenvalue weighted by Crippen LogP contribution is -2.07. The van der Waals surface area contributed by atoms with E-state index in [4.69, 9.17) is 5.73 Å². The predicted octanol–water partition coefficient (Wildman–Crippen LogP) is 3.45. The second-order valence-electron chi connectivity index (χ2n) is 4.53. The molecule has 0 saturated heterocycles. The average molecular weight is 358 g/mol. The summed E-state index contributed by atoms with van der Waals surface area (Å²) in [7, 11) is -3.49. The fraction of sp³-hybridized carbons (Fsp3) is 0.143. The SMILES string of the molecule is Cc1cc(N)ccc1S(=O)(=O)Cc1ccc(F)c(Br)c1. The van der Waals surface area contributed by atoms with Gasteiger partial charge in [-0.25, -0.2) is 12.8 Å². The Morgan fingerprint density at radius 2 is 1.90 bits per heavy atom. The first kappa shape index (κ1) is 15.0. The fourth-order valence-corrected chi connectivity index (χ4v) is 3.97. The number of hydrogen-bond acceptors (Lipinski definition) is 3. The first-order valence-electron chi connectivity index (χ1n) is 5.82. The van der Waals surface area contributed by atoms with Gasteiger partial charge in [0.15, 0.2) is 9.84 Å². The van der Waals surface area contributed by atoms with Crippen LogP contribution in [-0.2, 0) is 15.6 Å². The minimum absolute atomic E-state index is 0.184. The van der Waals surface area contributed by atoms with Crippen molar-refractivity contribution in [2.75, 3.05) is 5.73 Å². The van der Waals surface area contributed by atoms with Crippen molar-refractivity contribution in [3.8, 4) is 0 Å². The Kier molecular flexibility index (Phi) is 4.15. The minimum atomic E-state index is -3.49. The van der Waals surface area contributed by atoms with Gasteiger partial charge in [0, 0.05) is 5.69 Å². The Labute approximate surface area is 125 Å². The van der Waals surface area contributed by atoms with Gasteiger partial charge in [-0.1, -0.05) is 6.07 Å². The summed E-state index contributed by atoms with van der Waals surface area (Å²) in [6.07, 6.45) is 0. The van der Waals surface area contributed by atoms with E-state index < -0.39 is 15.7 Å². The molecule has 0 aliphatic heterocycles. The molecule has 3 nitrogen and oxygen atoms in total. The van der Waals surface area contributed by atoms with Crippen LogP contribution in [0.3, 0.4) is 0 Å². The zero-order chi connectivity index (χ0) is 14.9. The average Bonchev–Trinajstić information content (AvgIpc) is 2.33. The molecule has 2 aromatic rings. The van der Waals surface area contributed by atoms with Gasteiger partial charge in [-0.15, -0.1) is 0 Å². The Morgan fingerprint density at radius 3 is 2.50 bits per heavy atom. The Bertz CT molecular complexity index is 760. The Morgan fingerprint density at radius 1 is 1.20 bits per heavy atom. The third kappa shape index (κ3) is 3.19. The van der Waals surface area contributed by atoms with Crippen LogP contribution >= 0.6 is 15.9 Å². The summed E-state index contributed by atoms with van der Waals surface area (Å²) in [6, 6.07) is 8.85.